The van der Waals surface area contributed by atoms with Gasteiger partial charge < -0.3 is 10.1 Å². The Morgan fingerprint density at radius 3 is 2.58 bits per heavy atom. The minimum atomic E-state index is 0.548. The molecule has 1 aromatic carbocycles. The monoisotopic (exact) mass is 276 g/mol. The average molecular weight is 276 g/mol. The number of nitrogens with zero attached hydrogens (tertiary/aromatic N) is 1. The molecule has 0 aliphatic rings. The summed E-state index contributed by atoms with van der Waals surface area (Å²) in [6.45, 7) is 8.75. The summed E-state index contributed by atoms with van der Waals surface area (Å²) in [5.74, 6) is 0.982. The summed E-state index contributed by atoms with van der Waals surface area (Å²) in [6.07, 6.45) is 1.81. The van der Waals surface area contributed by atoms with Crippen LogP contribution in [0.3, 0.4) is 0 Å². The molecule has 0 spiro atoms. The molecule has 2 rings (SSSR count). The van der Waals surface area contributed by atoms with Crippen molar-refractivity contribution in [1.29, 1.82) is 0 Å². The molecule has 102 valence electrons. The third-order valence-corrected chi connectivity index (χ3v) is 3.68. The van der Waals surface area contributed by atoms with Crippen LogP contribution in [0.25, 0.3) is 0 Å². The molecule has 0 radical (unpaired) electrons. The molecule has 0 fully saturated rings. The zero-order chi connectivity index (χ0) is 13.7. The maximum absolute atomic E-state index is 5.90. The fraction of sp³-hybridized carbons (Fsp3) is 0.400. The molecule has 0 unspecified atom stereocenters. The molecular formula is C15H20N2OS. The van der Waals surface area contributed by atoms with Gasteiger partial charge in [-0.15, -0.1) is 11.3 Å². The third-order valence-electron chi connectivity index (χ3n) is 2.92. The van der Waals surface area contributed by atoms with Gasteiger partial charge in [0.2, 0.25) is 0 Å². The van der Waals surface area contributed by atoms with E-state index in [1.807, 2.05) is 11.6 Å². The molecule has 0 saturated carbocycles. The highest BCUT2D eigenvalue weighted by Gasteiger charge is 2.07. The van der Waals surface area contributed by atoms with Crippen LogP contribution in [0, 0.1) is 13.8 Å². The number of hydrogen-bond donors (Lipinski definition) is 1. The Hall–Kier alpha value is -1.39. The zero-order valence-electron chi connectivity index (χ0n) is 11.7. The van der Waals surface area contributed by atoms with Crippen molar-refractivity contribution >= 4 is 11.3 Å². The van der Waals surface area contributed by atoms with Gasteiger partial charge in [0, 0.05) is 18.1 Å². The molecular weight excluding hydrogens is 256 g/mol. The normalized spacial score (nSPS) is 10.7. The Balaban J connectivity index is 2.08. The number of thiazole rings is 1. The first-order valence-electron chi connectivity index (χ1n) is 6.52. The maximum Gasteiger partial charge on any atom is 0.140 e. The van der Waals surface area contributed by atoms with E-state index in [0.29, 0.717) is 6.61 Å². The van der Waals surface area contributed by atoms with Gasteiger partial charge >= 0.3 is 0 Å². The van der Waals surface area contributed by atoms with Gasteiger partial charge in [-0.3, -0.25) is 0 Å². The predicted molar refractivity (Wildman–Crippen MR) is 79.7 cm³/mol. The molecule has 2 aromatic rings. The van der Waals surface area contributed by atoms with Crippen LogP contribution in [0.4, 0.5) is 0 Å². The number of aryl methyl sites for hydroxylation is 2. The highest BCUT2D eigenvalue weighted by Crippen LogP contribution is 2.26. The molecule has 0 saturated heterocycles. The van der Waals surface area contributed by atoms with Crippen LogP contribution in [0.15, 0.2) is 23.7 Å². The van der Waals surface area contributed by atoms with Crippen molar-refractivity contribution in [3.63, 3.8) is 0 Å². The van der Waals surface area contributed by atoms with E-state index in [9.17, 15) is 0 Å². The first kappa shape index (κ1) is 14.0. The van der Waals surface area contributed by atoms with Gasteiger partial charge in [-0.2, -0.15) is 0 Å². The lowest BCUT2D eigenvalue weighted by Gasteiger charge is -2.13. The summed E-state index contributed by atoms with van der Waals surface area (Å²) in [5.41, 5.74) is 3.67. The van der Waals surface area contributed by atoms with Gasteiger partial charge in [0.25, 0.3) is 0 Å². The number of aromatic nitrogens is 1. The summed E-state index contributed by atoms with van der Waals surface area (Å²) < 4.78 is 5.90. The van der Waals surface area contributed by atoms with E-state index in [1.165, 1.54) is 16.7 Å². The van der Waals surface area contributed by atoms with E-state index in [1.54, 1.807) is 11.3 Å². The Morgan fingerprint density at radius 2 is 2.00 bits per heavy atom. The molecule has 1 N–H and O–H groups in total. The second-order valence-electron chi connectivity index (χ2n) is 4.55. The highest BCUT2D eigenvalue weighted by molar-refractivity contribution is 7.09. The second-order valence-corrected chi connectivity index (χ2v) is 5.53. The van der Waals surface area contributed by atoms with Crippen LogP contribution < -0.4 is 10.1 Å². The number of ether oxygens (including phenoxy) is 1. The summed E-state index contributed by atoms with van der Waals surface area (Å²) in [5, 5.41) is 6.32. The number of benzene rings is 1. The first-order chi connectivity index (χ1) is 9.20. The minimum Gasteiger partial charge on any atom is -0.486 e. The van der Waals surface area contributed by atoms with Crippen molar-refractivity contribution in [3.8, 4) is 5.75 Å². The van der Waals surface area contributed by atoms with Crippen molar-refractivity contribution in [3.05, 3.63) is 45.4 Å². The molecule has 0 bridgehead atoms. The Kier molecular flexibility index (Phi) is 4.93. The van der Waals surface area contributed by atoms with E-state index in [2.05, 4.69) is 43.2 Å². The largest absolute Gasteiger partial charge is 0.486 e. The van der Waals surface area contributed by atoms with Gasteiger partial charge in [-0.1, -0.05) is 19.1 Å². The standard InChI is InChI=1S/C15H20N2OS/c1-4-16-9-13-7-11(2)15(12(3)8-13)18-10-14-17-5-6-19-14/h5-8,16H,4,9-10H2,1-3H3. The topological polar surface area (TPSA) is 34.1 Å². The summed E-state index contributed by atoms with van der Waals surface area (Å²) in [6, 6.07) is 4.37. The number of nitrogens with one attached hydrogen (secondary N) is 1. The summed E-state index contributed by atoms with van der Waals surface area (Å²) in [4.78, 5) is 4.23. The fourth-order valence-corrected chi connectivity index (χ4v) is 2.62. The van der Waals surface area contributed by atoms with E-state index in [-0.39, 0.29) is 0 Å². The zero-order valence-corrected chi connectivity index (χ0v) is 12.5. The van der Waals surface area contributed by atoms with Crippen molar-refractivity contribution in [1.82, 2.24) is 10.3 Å². The maximum atomic E-state index is 5.90. The van der Waals surface area contributed by atoms with E-state index < -0.39 is 0 Å². The molecule has 0 atom stereocenters. The van der Waals surface area contributed by atoms with Crippen LogP contribution in [0.5, 0.6) is 5.75 Å². The van der Waals surface area contributed by atoms with Crippen molar-refractivity contribution in [2.24, 2.45) is 0 Å². The second kappa shape index (κ2) is 6.68. The lowest BCUT2D eigenvalue weighted by molar-refractivity contribution is 0.301. The van der Waals surface area contributed by atoms with Crippen molar-refractivity contribution < 1.29 is 4.74 Å². The van der Waals surface area contributed by atoms with E-state index in [4.69, 9.17) is 4.74 Å². The number of rotatable bonds is 6. The summed E-state index contributed by atoms with van der Waals surface area (Å²) in [7, 11) is 0. The molecule has 0 aliphatic heterocycles. The van der Waals surface area contributed by atoms with Gasteiger partial charge in [-0.25, -0.2) is 4.98 Å². The molecule has 1 heterocycles. The Bertz CT molecular complexity index is 500. The fourth-order valence-electron chi connectivity index (χ4n) is 2.10. The highest BCUT2D eigenvalue weighted by atomic mass is 32.1. The third kappa shape index (κ3) is 3.78. The van der Waals surface area contributed by atoms with Crippen LogP contribution in [0.2, 0.25) is 0 Å². The predicted octanol–water partition coefficient (Wildman–Crippen LogP) is 3.45. The Morgan fingerprint density at radius 1 is 1.26 bits per heavy atom. The van der Waals surface area contributed by atoms with Gasteiger partial charge in [-0.05, 0) is 37.1 Å². The van der Waals surface area contributed by atoms with Gasteiger partial charge in [0.05, 0.1) is 0 Å². The van der Waals surface area contributed by atoms with Crippen LogP contribution in [0.1, 0.15) is 28.6 Å². The molecule has 4 heteroatoms. The van der Waals surface area contributed by atoms with E-state index >= 15 is 0 Å². The van der Waals surface area contributed by atoms with E-state index in [0.717, 1.165) is 23.8 Å². The molecule has 19 heavy (non-hydrogen) atoms. The lowest BCUT2D eigenvalue weighted by atomic mass is 10.1. The van der Waals surface area contributed by atoms with Gasteiger partial charge in [0.1, 0.15) is 17.4 Å². The first-order valence-corrected chi connectivity index (χ1v) is 7.40. The Labute approximate surface area is 118 Å². The van der Waals surface area contributed by atoms with Crippen LogP contribution in [-0.2, 0) is 13.2 Å². The SMILES string of the molecule is CCNCc1cc(C)c(OCc2nccs2)c(C)c1. The smallest absolute Gasteiger partial charge is 0.140 e. The van der Waals surface area contributed by atoms with Crippen LogP contribution in [-0.4, -0.2) is 11.5 Å². The van der Waals surface area contributed by atoms with Gasteiger partial charge in [0.15, 0.2) is 0 Å². The van der Waals surface area contributed by atoms with Crippen molar-refractivity contribution in [2.45, 2.75) is 33.9 Å². The quantitative estimate of drug-likeness (QED) is 0.877. The lowest BCUT2D eigenvalue weighted by Crippen LogP contribution is -2.12. The van der Waals surface area contributed by atoms with Crippen LogP contribution >= 0.6 is 11.3 Å². The number of hydrogen-bond acceptors (Lipinski definition) is 4. The molecule has 0 aliphatic carbocycles. The minimum absolute atomic E-state index is 0.548. The molecule has 3 nitrogen and oxygen atoms in total. The molecule has 1 aromatic heterocycles. The molecule has 0 amide bonds. The summed E-state index contributed by atoms with van der Waals surface area (Å²) >= 11 is 1.62. The average Bonchev–Trinajstić information content (AvgIpc) is 2.88. The van der Waals surface area contributed by atoms with Crippen molar-refractivity contribution in [2.75, 3.05) is 6.54 Å².